The highest BCUT2D eigenvalue weighted by atomic mass is 32.1. The summed E-state index contributed by atoms with van der Waals surface area (Å²) in [5, 5.41) is 7.87. The highest BCUT2D eigenvalue weighted by Gasteiger charge is 2.47. The molecule has 0 unspecified atom stereocenters. The Morgan fingerprint density at radius 3 is 1.40 bits per heavy atom. The van der Waals surface area contributed by atoms with Gasteiger partial charge in [0, 0.05) is 40.3 Å². The topological polar surface area (TPSA) is 0 Å². The maximum atomic E-state index is 2.54. The van der Waals surface area contributed by atoms with Crippen LogP contribution in [-0.4, -0.2) is 0 Å². The van der Waals surface area contributed by atoms with Gasteiger partial charge in [-0.2, -0.15) is 0 Å². The Labute approximate surface area is 327 Å². The molecule has 0 N–H and O–H groups in total. The quantitative estimate of drug-likeness (QED) is 0.169. The van der Waals surface area contributed by atoms with Crippen LogP contribution >= 0.6 is 22.7 Å². The zero-order chi connectivity index (χ0) is 36.1. The van der Waals surface area contributed by atoms with E-state index in [2.05, 4.69) is 194 Å². The van der Waals surface area contributed by atoms with E-state index in [4.69, 9.17) is 0 Å². The Kier molecular flexibility index (Phi) is 6.69. The van der Waals surface area contributed by atoms with Gasteiger partial charge in [0.1, 0.15) is 0 Å². The van der Waals surface area contributed by atoms with E-state index in [9.17, 15) is 0 Å². The zero-order valence-electron chi connectivity index (χ0n) is 29.8. The number of thiophene rings is 2. The van der Waals surface area contributed by atoms with Gasteiger partial charge in [-0.25, -0.2) is 0 Å². The number of hydrogen-bond donors (Lipinski definition) is 0. The Bertz CT molecular complexity index is 3270. The Hall–Kier alpha value is -6.32. The fourth-order valence-corrected chi connectivity index (χ4v) is 11.7. The Morgan fingerprint density at radius 1 is 0.291 bits per heavy atom. The first-order chi connectivity index (χ1) is 27.3. The van der Waals surface area contributed by atoms with Crippen LogP contribution in [0.2, 0.25) is 0 Å². The zero-order valence-corrected chi connectivity index (χ0v) is 31.4. The molecule has 9 aromatic carbocycles. The summed E-state index contributed by atoms with van der Waals surface area (Å²) in [6, 6.07) is 73.0. The van der Waals surface area contributed by atoms with E-state index in [1.165, 1.54) is 107 Å². The summed E-state index contributed by atoms with van der Waals surface area (Å²) in [7, 11) is 0. The highest BCUT2D eigenvalue weighted by molar-refractivity contribution is 7.26. The monoisotopic (exact) mass is 732 g/mol. The number of rotatable bonds is 4. The molecule has 12 rings (SSSR count). The van der Waals surface area contributed by atoms with Gasteiger partial charge in [-0.05, 0) is 115 Å². The van der Waals surface area contributed by atoms with Crippen molar-refractivity contribution < 1.29 is 0 Å². The lowest BCUT2D eigenvalue weighted by molar-refractivity contribution is 0.769. The van der Waals surface area contributed by atoms with Gasteiger partial charge in [0.2, 0.25) is 0 Å². The highest BCUT2D eigenvalue weighted by Crippen LogP contribution is 2.59. The summed E-state index contributed by atoms with van der Waals surface area (Å²) in [5.41, 5.74) is 12.3. The van der Waals surface area contributed by atoms with Crippen molar-refractivity contribution in [3.8, 4) is 33.4 Å². The Morgan fingerprint density at radius 2 is 0.764 bits per heavy atom. The van der Waals surface area contributed by atoms with Crippen LogP contribution in [0.1, 0.15) is 22.3 Å². The molecule has 0 radical (unpaired) electrons. The van der Waals surface area contributed by atoms with Crippen molar-refractivity contribution in [1.82, 2.24) is 0 Å². The number of hydrogen-bond acceptors (Lipinski definition) is 2. The molecule has 0 amide bonds. The van der Waals surface area contributed by atoms with Gasteiger partial charge in [0.05, 0.1) is 5.41 Å². The van der Waals surface area contributed by atoms with Crippen LogP contribution in [-0.2, 0) is 5.41 Å². The molecule has 0 saturated carbocycles. The first-order valence-corrected chi connectivity index (χ1v) is 20.5. The van der Waals surface area contributed by atoms with Gasteiger partial charge in [0.15, 0.2) is 0 Å². The summed E-state index contributed by atoms with van der Waals surface area (Å²) >= 11 is 3.75. The maximum Gasteiger partial charge on any atom is 0.0714 e. The summed E-state index contributed by atoms with van der Waals surface area (Å²) in [4.78, 5) is 0. The fraction of sp³-hybridized carbons (Fsp3) is 0.0189. The third-order valence-corrected chi connectivity index (χ3v) is 14.3. The maximum absolute atomic E-state index is 2.54. The van der Waals surface area contributed by atoms with Crippen molar-refractivity contribution in [1.29, 1.82) is 0 Å². The predicted octanol–water partition coefficient (Wildman–Crippen LogP) is 15.3. The van der Waals surface area contributed by atoms with Gasteiger partial charge in [-0.15, -0.1) is 22.7 Å². The lowest BCUT2D eigenvalue weighted by Crippen LogP contribution is -2.28. The van der Waals surface area contributed by atoms with Gasteiger partial charge >= 0.3 is 0 Å². The summed E-state index contributed by atoms with van der Waals surface area (Å²) in [5.74, 6) is 0. The predicted molar refractivity (Wildman–Crippen MR) is 238 cm³/mol. The first-order valence-electron chi connectivity index (χ1n) is 18.9. The molecule has 0 nitrogen and oxygen atoms in total. The van der Waals surface area contributed by atoms with E-state index >= 15 is 0 Å². The van der Waals surface area contributed by atoms with E-state index < -0.39 is 5.41 Å². The van der Waals surface area contributed by atoms with E-state index in [1.807, 2.05) is 22.7 Å². The minimum absolute atomic E-state index is 0.541. The Balaban J connectivity index is 1.18. The molecule has 0 fully saturated rings. The van der Waals surface area contributed by atoms with E-state index in [-0.39, 0.29) is 0 Å². The fourth-order valence-electron chi connectivity index (χ4n) is 9.56. The normalized spacial score (nSPS) is 13.2. The first kappa shape index (κ1) is 31.1. The van der Waals surface area contributed by atoms with E-state index in [1.54, 1.807) is 0 Å². The third-order valence-electron chi connectivity index (χ3n) is 12.0. The van der Waals surface area contributed by atoms with Gasteiger partial charge < -0.3 is 0 Å². The van der Waals surface area contributed by atoms with Crippen molar-refractivity contribution in [3.63, 3.8) is 0 Å². The van der Waals surface area contributed by atoms with Gasteiger partial charge in [-0.3, -0.25) is 0 Å². The van der Waals surface area contributed by atoms with Crippen molar-refractivity contribution in [2.24, 2.45) is 0 Å². The summed E-state index contributed by atoms with van der Waals surface area (Å²) in [6.45, 7) is 0. The van der Waals surface area contributed by atoms with E-state index in [0.717, 1.165) is 0 Å². The molecule has 0 saturated heterocycles. The molecule has 0 aliphatic heterocycles. The standard InChI is InChI=1S/C53H32S2/c1-3-13-36(14-4-1)53(37-15-5-2-6-16-37)46-31-34(33-24-27-50-44(29-33)39-18-9-11-21-48(39)54-50)23-26-42(46)52-41-20-8-7-17-38(41)43(32-47(52)53)35-25-28-51-45(30-35)40-19-10-12-22-49(40)55-51/h1-32H. The molecule has 55 heavy (non-hydrogen) atoms. The van der Waals surface area contributed by atoms with Crippen LogP contribution in [0.5, 0.6) is 0 Å². The molecule has 2 heteroatoms. The molecule has 1 aliphatic carbocycles. The lowest BCUT2D eigenvalue weighted by atomic mass is 9.67. The SMILES string of the molecule is c1ccc(C2(c3ccccc3)c3cc(-c4ccc5sc6ccccc6c5c4)ccc3-c3c2cc(-c2ccc4sc5ccccc5c4c2)c2ccccc32)cc1. The minimum atomic E-state index is -0.541. The summed E-state index contributed by atoms with van der Waals surface area (Å²) < 4.78 is 5.32. The molecule has 11 aromatic rings. The minimum Gasteiger partial charge on any atom is -0.135 e. The molecule has 0 atom stereocenters. The van der Waals surface area contributed by atoms with Crippen LogP contribution in [0, 0.1) is 0 Å². The second-order valence-electron chi connectivity index (χ2n) is 14.8. The smallest absolute Gasteiger partial charge is 0.0714 e. The van der Waals surface area contributed by atoms with Crippen LogP contribution in [0.3, 0.4) is 0 Å². The number of benzene rings is 9. The van der Waals surface area contributed by atoms with Crippen molar-refractivity contribution >= 4 is 73.8 Å². The van der Waals surface area contributed by atoms with Crippen molar-refractivity contribution in [2.45, 2.75) is 5.41 Å². The molecule has 256 valence electrons. The second kappa shape index (κ2) is 11.8. The van der Waals surface area contributed by atoms with Crippen molar-refractivity contribution in [3.05, 3.63) is 216 Å². The molecular formula is C53H32S2. The van der Waals surface area contributed by atoms with Gasteiger partial charge in [-0.1, -0.05) is 146 Å². The van der Waals surface area contributed by atoms with Crippen molar-refractivity contribution in [2.75, 3.05) is 0 Å². The van der Waals surface area contributed by atoms with Gasteiger partial charge in [0.25, 0.3) is 0 Å². The van der Waals surface area contributed by atoms with Crippen LogP contribution in [0.25, 0.3) is 84.5 Å². The van der Waals surface area contributed by atoms with Crippen LogP contribution < -0.4 is 0 Å². The molecule has 1 aliphatic rings. The second-order valence-corrected chi connectivity index (χ2v) is 16.9. The molecule has 0 bridgehead atoms. The molecule has 2 aromatic heterocycles. The third kappa shape index (κ3) is 4.44. The summed E-state index contributed by atoms with van der Waals surface area (Å²) in [6.07, 6.45) is 0. The molecule has 0 spiro atoms. The number of fused-ring (bicyclic) bond motifs is 11. The molecular weight excluding hydrogens is 701 g/mol. The van der Waals surface area contributed by atoms with E-state index in [0.29, 0.717) is 0 Å². The lowest BCUT2D eigenvalue weighted by Gasteiger charge is -2.34. The average molecular weight is 733 g/mol. The largest absolute Gasteiger partial charge is 0.135 e. The van der Waals surface area contributed by atoms with Crippen LogP contribution in [0.15, 0.2) is 194 Å². The average Bonchev–Trinajstić information content (AvgIpc) is 3.91. The van der Waals surface area contributed by atoms with Crippen LogP contribution in [0.4, 0.5) is 0 Å². The molecule has 2 heterocycles.